The van der Waals surface area contributed by atoms with E-state index in [4.69, 9.17) is 10.5 Å². The van der Waals surface area contributed by atoms with Crippen LogP contribution < -0.4 is 5.73 Å². The Morgan fingerprint density at radius 1 is 1.47 bits per heavy atom. The minimum absolute atomic E-state index is 0.00106. The van der Waals surface area contributed by atoms with E-state index in [2.05, 4.69) is 0 Å². The molecule has 1 aromatic rings. The molecule has 1 saturated heterocycles. The van der Waals surface area contributed by atoms with Crippen LogP contribution in [0.4, 0.5) is 5.69 Å². The first-order valence-corrected chi connectivity index (χ1v) is 7.79. The van der Waals surface area contributed by atoms with E-state index in [1.807, 2.05) is 0 Å². The standard InChI is InChI=1S/C13H20N2O3S/c1-10-5-6-11(14)8-13(10)19(16,17)15(2)9-12-4-3-7-18-12/h5-6,8,12H,3-4,7,9,14H2,1-2H3. The molecule has 1 heterocycles. The molecular formula is C13H20N2O3S. The summed E-state index contributed by atoms with van der Waals surface area (Å²) in [5.41, 5.74) is 6.84. The van der Waals surface area contributed by atoms with Crippen molar-refractivity contribution < 1.29 is 13.2 Å². The molecule has 2 rings (SSSR count). The zero-order chi connectivity index (χ0) is 14.0. The van der Waals surface area contributed by atoms with Crippen LogP contribution in [0.2, 0.25) is 0 Å². The smallest absolute Gasteiger partial charge is 0.243 e. The molecule has 2 N–H and O–H groups in total. The van der Waals surface area contributed by atoms with Crippen molar-refractivity contribution in [2.45, 2.75) is 30.8 Å². The van der Waals surface area contributed by atoms with E-state index in [1.165, 1.54) is 10.4 Å². The summed E-state index contributed by atoms with van der Waals surface area (Å²) in [6.07, 6.45) is 1.91. The van der Waals surface area contributed by atoms with Crippen molar-refractivity contribution in [2.75, 3.05) is 25.9 Å². The van der Waals surface area contributed by atoms with Gasteiger partial charge in [0.1, 0.15) is 0 Å². The number of benzene rings is 1. The highest BCUT2D eigenvalue weighted by atomic mass is 32.2. The molecule has 5 nitrogen and oxygen atoms in total. The molecule has 0 spiro atoms. The number of nitrogen functional groups attached to an aromatic ring is 1. The second-order valence-corrected chi connectivity index (χ2v) is 6.96. The van der Waals surface area contributed by atoms with Gasteiger partial charge < -0.3 is 10.5 Å². The Morgan fingerprint density at radius 3 is 2.84 bits per heavy atom. The van der Waals surface area contributed by atoms with E-state index < -0.39 is 10.0 Å². The van der Waals surface area contributed by atoms with Gasteiger partial charge >= 0.3 is 0 Å². The maximum atomic E-state index is 12.5. The van der Waals surface area contributed by atoms with Crippen molar-refractivity contribution in [1.29, 1.82) is 0 Å². The van der Waals surface area contributed by atoms with Crippen molar-refractivity contribution in [3.63, 3.8) is 0 Å². The number of nitrogens with zero attached hydrogens (tertiary/aromatic N) is 1. The first-order valence-electron chi connectivity index (χ1n) is 6.35. The number of rotatable bonds is 4. The monoisotopic (exact) mass is 284 g/mol. The summed E-state index contributed by atoms with van der Waals surface area (Å²) < 4.78 is 31.8. The lowest BCUT2D eigenvalue weighted by molar-refractivity contribution is 0.0979. The molecule has 1 atom stereocenters. The lowest BCUT2D eigenvalue weighted by Crippen LogP contribution is -2.34. The molecule has 106 valence electrons. The van der Waals surface area contributed by atoms with Crippen LogP contribution in [0.15, 0.2) is 23.1 Å². The topological polar surface area (TPSA) is 72.6 Å². The maximum Gasteiger partial charge on any atom is 0.243 e. The third kappa shape index (κ3) is 3.08. The van der Waals surface area contributed by atoms with Crippen LogP contribution in [-0.2, 0) is 14.8 Å². The minimum atomic E-state index is -3.51. The Labute approximate surface area is 114 Å². The van der Waals surface area contributed by atoms with Gasteiger partial charge in [-0.1, -0.05) is 6.07 Å². The van der Waals surface area contributed by atoms with Crippen LogP contribution in [-0.4, -0.2) is 39.0 Å². The Kier molecular flexibility index (Phi) is 4.13. The average Bonchev–Trinajstić information content (AvgIpc) is 2.85. The fourth-order valence-corrected chi connectivity index (χ4v) is 3.69. The molecule has 19 heavy (non-hydrogen) atoms. The average molecular weight is 284 g/mol. The zero-order valence-electron chi connectivity index (χ0n) is 11.3. The quantitative estimate of drug-likeness (QED) is 0.848. The molecule has 0 aliphatic carbocycles. The summed E-state index contributed by atoms with van der Waals surface area (Å²) in [7, 11) is -1.92. The number of hydrogen-bond acceptors (Lipinski definition) is 4. The molecule has 1 aromatic carbocycles. The van der Waals surface area contributed by atoms with E-state index in [9.17, 15) is 8.42 Å². The van der Waals surface area contributed by atoms with Crippen LogP contribution in [0.5, 0.6) is 0 Å². The van der Waals surface area contributed by atoms with Gasteiger partial charge in [-0.25, -0.2) is 8.42 Å². The Bertz CT molecular complexity index is 551. The molecule has 0 radical (unpaired) electrons. The van der Waals surface area contributed by atoms with Gasteiger partial charge in [-0.3, -0.25) is 0 Å². The van der Waals surface area contributed by atoms with Crippen molar-refractivity contribution >= 4 is 15.7 Å². The Balaban J connectivity index is 2.22. The molecule has 0 aromatic heterocycles. The highest BCUT2D eigenvalue weighted by Gasteiger charge is 2.27. The van der Waals surface area contributed by atoms with Gasteiger partial charge in [-0.05, 0) is 37.5 Å². The SMILES string of the molecule is Cc1ccc(N)cc1S(=O)(=O)N(C)CC1CCCO1. The number of aryl methyl sites for hydroxylation is 1. The number of likely N-dealkylation sites (N-methyl/N-ethyl adjacent to an activating group) is 1. The van der Waals surface area contributed by atoms with E-state index in [1.54, 1.807) is 26.1 Å². The van der Waals surface area contributed by atoms with Gasteiger partial charge in [-0.2, -0.15) is 4.31 Å². The third-order valence-corrected chi connectivity index (χ3v) is 5.35. The Hall–Kier alpha value is -1.11. The number of anilines is 1. The van der Waals surface area contributed by atoms with E-state index in [-0.39, 0.29) is 11.0 Å². The van der Waals surface area contributed by atoms with E-state index >= 15 is 0 Å². The van der Waals surface area contributed by atoms with Crippen molar-refractivity contribution in [2.24, 2.45) is 0 Å². The van der Waals surface area contributed by atoms with E-state index in [0.29, 0.717) is 17.8 Å². The second-order valence-electron chi connectivity index (χ2n) is 4.95. The molecule has 1 aliphatic rings. The van der Waals surface area contributed by atoms with Crippen LogP contribution >= 0.6 is 0 Å². The van der Waals surface area contributed by atoms with Gasteiger partial charge in [0.2, 0.25) is 10.0 Å². The Morgan fingerprint density at radius 2 is 2.21 bits per heavy atom. The van der Waals surface area contributed by atoms with Gasteiger partial charge in [0.25, 0.3) is 0 Å². The second kappa shape index (κ2) is 5.48. The van der Waals surface area contributed by atoms with Crippen LogP contribution in [0.25, 0.3) is 0 Å². The summed E-state index contributed by atoms with van der Waals surface area (Å²) in [4.78, 5) is 0.271. The lowest BCUT2D eigenvalue weighted by Gasteiger charge is -2.21. The van der Waals surface area contributed by atoms with Crippen molar-refractivity contribution in [3.05, 3.63) is 23.8 Å². The van der Waals surface area contributed by atoms with Gasteiger partial charge in [-0.15, -0.1) is 0 Å². The van der Waals surface area contributed by atoms with Gasteiger partial charge in [0, 0.05) is 25.9 Å². The number of hydrogen-bond donors (Lipinski definition) is 1. The molecule has 1 aliphatic heterocycles. The maximum absolute atomic E-state index is 12.5. The number of sulfonamides is 1. The van der Waals surface area contributed by atoms with E-state index in [0.717, 1.165) is 19.4 Å². The summed E-state index contributed by atoms with van der Waals surface area (Å²) in [5, 5.41) is 0. The first-order chi connectivity index (χ1) is 8.91. The molecule has 0 amide bonds. The number of ether oxygens (including phenoxy) is 1. The number of nitrogens with two attached hydrogens (primary N) is 1. The summed E-state index contributed by atoms with van der Waals surface area (Å²) in [5.74, 6) is 0. The molecule has 0 bridgehead atoms. The van der Waals surface area contributed by atoms with Crippen LogP contribution in [0.3, 0.4) is 0 Å². The predicted molar refractivity (Wildman–Crippen MR) is 74.4 cm³/mol. The van der Waals surface area contributed by atoms with Crippen molar-refractivity contribution in [1.82, 2.24) is 4.31 Å². The summed E-state index contributed by atoms with van der Waals surface area (Å²) >= 11 is 0. The van der Waals surface area contributed by atoms with Crippen LogP contribution in [0.1, 0.15) is 18.4 Å². The fourth-order valence-electron chi connectivity index (χ4n) is 2.24. The molecule has 6 heteroatoms. The summed E-state index contributed by atoms with van der Waals surface area (Å²) in [6, 6.07) is 4.94. The lowest BCUT2D eigenvalue weighted by atomic mass is 10.2. The highest BCUT2D eigenvalue weighted by molar-refractivity contribution is 7.89. The van der Waals surface area contributed by atoms with Gasteiger partial charge in [0.15, 0.2) is 0 Å². The highest BCUT2D eigenvalue weighted by Crippen LogP contribution is 2.23. The molecular weight excluding hydrogens is 264 g/mol. The normalized spacial score (nSPS) is 20.1. The molecule has 0 saturated carbocycles. The minimum Gasteiger partial charge on any atom is -0.399 e. The predicted octanol–water partition coefficient (Wildman–Crippen LogP) is 1.38. The van der Waals surface area contributed by atoms with Gasteiger partial charge in [0.05, 0.1) is 11.0 Å². The first kappa shape index (κ1) is 14.3. The van der Waals surface area contributed by atoms with Crippen molar-refractivity contribution in [3.8, 4) is 0 Å². The zero-order valence-corrected chi connectivity index (χ0v) is 12.1. The van der Waals surface area contributed by atoms with Crippen LogP contribution in [0, 0.1) is 6.92 Å². The molecule has 1 fully saturated rings. The fraction of sp³-hybridized carbons (Fsp3) is 0.538. The molecule has 1 unspecified atom stereocenters. The third-order valence-electron chi connectivity index (χ3n) is 3.39. The largest absolute Gasteiger partial charge is 0.399 e. The summed E-state index contributed by atoms with van der Waals surface area (Å²) in [6.45, 7) is 2.87.